The van der Waals surface area contributed by atoms with Crippen LogP contribution >= 0.6 is 11.3 Å². The quantitative estimate of drug-likeness (QED) is 0.268. The van der Waals surface area contributed by atoms with Crippen molar-refractivity contribution in [2.24, 2.45) is 5.92 Å². The van der Waals surface area contributed by atoms with Gasteiger partial charge in [-0.25, -0.2) is 13.9 Å². The molecule has 0 atom stereocenters. The minimum absolute atomic E-state index is 0. The van der Waals surface area contributed by atoms with E-state index in [4.69, 9.17) is 9.47 Å². The summed E-state index contributed by atoms with van der Waals surface area (Å²) in [5.41, 5.74) is 3.20. The predicted octanol–water partition coefficient (Wildman–Crippen LogP) is 3.48. The van der Waals surface area contributed by atoms with Gasteiger partial charge in [0.15, 0.2) is 0 Å². The Morgan fingerprint density at radius 3 is 2.61 bits per heavy atom. The summed E-state index contributed by atoms with van der Waals surface area (Å²) in [6.45, 7) is 2.47. The van der Waals surface area contributed by atoms with E-state index in [9.17, 15) is 13.6 Å². The smallest absolute Gasteiger partial charge is 0.496 e. The summed E-state index contributed by atoms with van der Waals surface area (Å²) in [5.74, 6) is 7.62. The number of anilines is 1. The third-order valence-corrected chi connectivity index (χ3v) is 5.79. The van der Waals surface area contributed by atoms with Crippen molar-refractivity contribution in [3.05, 3.63) is 46.3 Å². The largest absolute Gasteiger partial charge is 2.00 e. The molecule has 1 saturated carbocycles. The van der Waals surface area contributed by atoms with Crippen LogP contribution < -0.4 is 9.64 Å². The van der Waals surface area contributed by atoms with Crippen molar-refractivity contribution in [3.63, 3.8) is 0 Å². The Labute approximate surface area is 221 Å². The van der Waals surface area contributed by atoms with Crippen LogP contribution in [-0.4, -0.2) is 59.9 Å². The third kappa shape index (κ3) is 7.26. The van der Waals surface area contributed by atoms with Crippen molar-refractivity contribution < 1.29 is 39.5 Å². The number of ether oxygens (including phenoxy) is 2. The minimum Gasteiger partial charge on any atom is -0.496 e. The van der Waals surface area contributed by atoms with Gasteiger partial charge in [0.2, 0.25) is 0 Å². The first kappa shape index (κ1) is 27.6. The molecule has 0 bridgehead atoms. The molecule has 0 aromatic carbocycles. The number of carbonyl (C=O) groups excluding carboxylic acids is 1. The van der Waals surface area contributed by atoms with Crippen molar-refractivity contribution in [3.8, 4) is 28.7 Å². The van der Waals surface area contributed by atoms with Crippen LogP contribution in [0, 0.1) is 23.3 Å². The number of morpholine rings is 1. The van der Waals surface area contributed by atoms with Gasteiger partial charge < -0.3 is 35.5 Å². The van der Waals surface area contributed by atoms with Crippen LogP contribution in [0.5, 0.6) is 5.75 Å². The molecule has 2 fully saturated rings. The average molecular weight is 556 g/mol. The van der Waals surface area contributed by atoms with E-state index in [-0.39, 0.29) is 22.1 Å². The van der Waals surface area contributed by atoms with Gasteiger partial charge in [0, 0.05) is 24.0 Å². The maximum Gasteiger partial charge on any atom is 2.00 e. The zero-order chi connectivity index (χ0) is 24.6. The Hall–Kier alpha value is -3.00. The maximum absolute atomic E-state index is 13.0. The van der Waals surface area contributed by atoms with Crippen molar-refractivity contribution in [1.29, 1.82) is 0 Å². The van der Waals surface area contributed by atoms with Crippen LogP contribution in [0.2, 0.25) is 0 Å². The molecule has 0 amide bonds. The fraction of sp³-hybridized carbons (Fsp3) is 0.375. The Balaban J connectivity index is 0.000000273. The third-order valence-electron chi connectivity index (χ3n) is 5.24. The SMILES string of the molecule is C(#CC1CC1)c1nn[c-]s1.COc1cnc(C(F)F)cc1-c1cc(N2CCOCC2)ncc1[C-]=O.[Ni+2]. The summed E-state index contributed by atoms with van der Waals surface area (Å²) in [6, 6.07) is 2.90. The molecule has 4 heterocycles. The van der Waals surface area contributed by atoms with Crippen LogP contribution in [0.1, 0.15) is 35.5 Å². The number of aromatic nitrogens is 4. The second-order valence-corrected chi connectivity index (χ2v) is 8.42. The number of halogens is 2. The minimum atomic E-state index is -2.73. The number of alkyl halides is 2. The van der Waals surface area contributed by atoms with E-state index in [1.807, 2.05) is 4.90 Å². The first-order valence-electron chi connectivity index (χ1n) is 10.8. The van der Waals surface area contributed by atoms with Gasteiger partial charge in [-0.05, 0) is 24.5 Å². The fourth-order valence-corrected chi connectivity index (χ4v) is 3.62. The summed E-state index contributed by atoms with van der Waals surface area (Å²) in [6.07, 6.45) is 4.20. The molecule has 1 aliphatic heterocycles. The zero-order valence-electron chi connectivity index (χ0n) is 19.1. The molecule has 36 heavy (non-hydrogen) atoms. The normalized spacial score (nSPS) is 14.6. The van der Waals surface area contributed by atoms with E-state index in [0.29, 0.717) is 54.9 Å². The zero-order valence-corrected chi connectivity index (χ0v) is 21.0. The first-order chi connectivity index (χ1) is 17.1. The monoisotopic (exact) mass is 555 g/mol. The number of pyridine rings is 2. The molecule has 3 aromatic rings. The molecule has 2 aliphatic rings. The maximum atomic E-state index is 13.0. The topological polar surface area (TPSA) is 90.3 Å². The number of hydrogen-bond donors (Lipinski definition) is 0. The van der Waals surface area contributed by atoms with Crippen molar-refractivity contribution in [1.82, 2.24) is 20.2 Å². The van der Waals surface area contributed by atoms with Gasteiger partial charge >= 0.3 is 16.5 Å². The van der Waals surface area contributed by atoms with Gasteiger partial charge in [0.1, 0.15) is 17.3 Å². The van der Waals surface area contributed by atoms with Crippen LogP contribution in [0.15, 0.2) is 24.5 Å². The van der Waals surface area contributed by atoms with Crippen LogP contribution in [-0.2, 0) is 26.0 Å². The van der Waals surface area contributed by atoms with Crippen molar-refractivity contribution >= 4 is 23.4 Å². The van der Waals surface area contributed by atoms with Gasteiger partial charge in [0.05, 0.1) is 32.8 Å². The number of nitrogens with zero attached hydrogens (tertiary/aromatic N) is 5. The number of methoxy groups -OCH3 is 1. The first-order valence-corrected chi connectivity index (χ1v) is 11.6. The molecule has 0 spiro atoms. The van der Waals surface area contributed by atoms with Gasteiger partial charge in [0.25, 0.3) is 6.43 Å². The molecular weight excluding hydrogens is 535 g/mol. The second-order valence-electron chi connectivity index (χ2n) is 7.64. The van der Waals surface area contributed by atoms with E-state index in [1.165, 1.54) is 49.7 Å². The van der Waals surface area contributed by atoms with Gasteiger partial charge in [-0.1, -0.05) is 17.8 Å². The molecule has 0 N–H and O–H groups in total. The molecular formula is C24H21F2N5NiO3S. The van der Waals surface area contributed by atoms with E-state index in [2.05, 4.69) is 37.5 Å². The summed E-state index contributed by atoms with van der Waals surface area (Å²) in [4.78, 5) is 21.3. The van der Waals surface area contributed by atoms with E-state index in [1.54, 1.807) is 12.4 Å². The molecule has 8 nitrogen and oxygen atoms in total. The summed E-state index contributed by atoms with van der Waals surface area (Å²) in [7, 11) is 1.41. The molecule has 3 aromatic heterocycles. The Morgan fingerprint density at radius 2 is 2.00 bits per heavy atom. The molecule has 5 rings (SSSR count). The summed E-state index contributed by atoms with van der Waals surface area (Å²) in [5, 5.41) is 8.10. The standard InChI is InChI=1S/C17H16F2N3O3.C7H5N2S.Ni/c1-24-15-9-20-14(17(18)19)6-13(15)12-7-16(21-8-11(12)10-23)22-2-4-25-5-3-22;1-2-6(1)3-4-7-9-8-5-10-7;/h6-9,17H,2-5H2,1H3;6H,1-2H2;/q2*-1;+2. The van der Waals surface area contributed by atoms with Crippen LogP contribution in [0.4, 0.5) is 14.6 Å². The predicted molar refractivity (Wildman–Crippen MR) is 125 cm³/mol. The van der Waals surface area contributed by atoms with E-state index in [0.717, 1.165) is 5.01 Å². The molecule has 12 heteroatoms. The van der Waals surface area contributed by atoms with E-state index < -0.39 is 12.1 Å². The fourth-order valence-electron chi connectivity index (χ4n) is 3.26. The van der Waals surface area contributed by atoms with Gasteiger partial charge in [-0.15, -0.1) is 23.0 Å². The molecule has 1 aliphatic carbocycles. The molecule has 190 valence electrons. The second kappa shape index (κ2) is 13.3. The van der Waals surface area contributed by atoms with Gasteiger partial charge in [-0.2, -0.15) is 0 Å². The average Bonchev–Trinajstić information content (AvgIpc) is 3.59. The van der Waals surface area contributed by atoms with Crippen molar-refractivity contribution in [2.75, 3.05) is 38.3 Å². The summed E-state index contributed by atoms with van der Waals surface area (Å²) >= 11 is 1.37. The molecule has 1 saturated heterocycles. The Bertz CT molecular complexity index is 1210. The summed E-state index contributed by atoms with van der Waals surface area (Å²) < 4.78 is 36.6. The number of hydrogen-bond acceptors (Lipinski definition) is 9. The number of rotatable bonds is 5. The van der Waals surface area contributed by atoms with Crippen LogP contribution in [0.25, 0.3) is 11.1 Å². The Kier molecular flexibility index (Phi) is 10.2. The van der Waals surface area contributed by atoms with Gasteiger partial charge in [-0.3, -0.25) is 10.1 Å². The molecule has 0 radical (unpaired) electrons. The Morgan fingerprint density at radius 1 is 1.22 bits per heavy atom. The van der Waals surface area contributed by atoms with E-state index >= 15 is 0 Å². The molecule has 0 unspecified atom stereocenters. The van der Waals surface area contributed by atoms with Crippen molar-refractivity contribution in [2.45, 2.75) is 19.3 Å². The van der Waals surface area contributed by atoms with Crippen LogP contribution in [0.3, 0.4) is 0 Å².